The van der Waals surface area contributed by atoms with Crippen molar-refractivity contribution in [2.45, 2.75) is 25.5 Å². The molecule has 0 heterocycles. The monoisotopic (exact) mass is 345 g/mol. The Morgan fingerprint density at radius 1 is 1.04 bits per heavy atom. The Balaban J connectivity index is 2.04. The number of ether oxygens (including phenoxy) is 1. The standard InChI is InChI=1S/C18H19NO6/c1-18(16(22)23,10-13-7-8-14(20)15(21)9-13)19-17(24)25-11-12-5-3-2-4-6-12/h2-9,20-21H,10-11H2,1H3,(H,19,24)(H,22,23). The van der Waals surface area contributed by atoms with Gasteiger partial charge in [0.15, 0.2) is 11.5 Å². The largest absolute Gasteiger partial charge is 0.504 e. The first-order chi connectivity index (χ1) is 11.8. The van der Waals surface area contributed by atoms with Crippen LogP contribution in [0.2, 0.25) is 0 Å². The zero-order chi connectivity index (χ0) is 18.4. The van der Waals surface area contributed by atoms with Gasteiger partial charge in [-0.25, -0.2) is 9.59 Å². The lowest BCUT2D eigenvalue weighted by atomic mass is 9.93. The normalized spacial score (nSPS) is 12.8. The Hall–Kier alpha value is -3.22. The molecule has 0 aliphatic rings. The van der Waals surface area contributed by atoms with Crippen molar-refractivity contribution in [2.24, 2.45) is 0 Å². The number of hydrogen-bond donors (Lipinski definition) is 4. The van der Waals surface area contributed by atoms with E-state index in [1.807, 2.05) is 6.07 Å². The molecule has 7 heteroatoms. The van der Waals surface area contributed by atoms with E-state index < -0.39 is 17.6 Å². The number of benzene rings is 2. The predicted molar refractivity (Wildman–Crippen MR) is 89.3 cm³/mol. The van der Waals surface area contributed by atoms with Crippen LogP contribution in [0.1, 0.15) is 18.1 Å². The van der Waals surface area contributed by atoms with Gasteiger partial charge < -0.3 is 25.4 Å². The molecule has 0 fully saturated rings. The molecular weight excluding hydrogens is 326 g/mol. The van der Waals surface area contributed by atoms with Crippen LogP contribution in [0.3, 0.4) is 0 Å². The van der Waals surface area contributed by atoms with Gasteiger partial charge >= 0.3 is 12.1 Å². The fourth-order valence-electron chi connectivity index (χ4n) is 2.24. The van der Waals surface area contributed by atoms with Crippen molar-refractivity contribution in [3.63, 3.8) is 0 Å². The van der Waals surface area contributed by atoms with E-state index in [1.165, 1.54) is 25.1 Å². The number of carbonyl (C=O) groups is 2. The molecule has 0 saturated carbocycles. The fourth-order valence-corrected chi connectivity index (χ4v) is 2.24. The molecular formula is C18H19NO6. The lowest BCUT2D eigenvalue weighted by Crippen LogP contribution is -2.53. The minimum absolute atomic E-state index is 0.0162. The molecule has 0 saturated heterocycles. The third kappa shape index (κ3) is 4.87. The highest BCUT2D eigenvalue weighted by Gasteiger charge is 2.36. The predicted octanol–water partition coefficient (Wildman–Crippen LogP) is 2.41. The third-order valence-electron chi connectivity index (χ3n) is 3.66. The summed E-state index contributed by atoms with van der Waals surface area (Å²) in [6, 6.07) is 13.0. The zero-order valence-electron chi connectivity index (χ0n) is 13.6. The van der Waals surface area contributed by atoms with E-state index >= 15 is 0 Å². The topological polar surface area (TPSA) is 116 Å². The molecule has 2 aromatic carbocycles. The van der Waals surface area contributed by atoms with E-state index in [9.17, 15) is 24.9 Å². The van der Waals surface area contributed by atoms with E-state index in [2.05, 4.69) is 5.32 Å². The van der Waals surface area contributed by atoms with Crippen LogP contribution in [0.25, 0.3) is 0 Å². The Morgan fingerprint density at radius 3 is 2.32 bits per heavy atom. The molecule has 1 unspecified atom stereocenters. The van der Waals surface area contributed by atoms with Crippen molar-refractivity contribution >= 4 is 12.1 Å². The van der Waals surface area contributed by atoms with Crippen LogP contribution >= 0.6 is 0 Å². The van der Waals surface area contributed by atoms with Gasteiger partial charge in [-0.3, -0.25) is 0 Å². The summed E-state index contributed by atoms with van der Waals surface area (Å²) in [6.45, 7) is 1.35. The van der Waals surface area contributed by atoms with E-state index in [1.54, 1.807) is 24.3 Å². The summed E-state index contributed by atoms with van der Waals surface area (Å²) < 4.78 is 5.05. The Kier molecular flexibility index (Phi) is 5.49. The van der Waals surface area contributed by atoms with Crippen LogP contribution in [0.4, 0.5) is 4.79 Å². The molecule has 2 aromatic rings. The van der Waals surface area contributed by atoms with Gasteiger partial charge in [0.1, 0.15) is 12.1 Å². The number of aromatic hydroxyl groups is 2. The summed E-state index contributed by atoms with van der Waals surface area (Å²) in [4.78, 5) is 23.6. The highest BCUT2D eigenvalue weighted by Crippen LogP contribution is 2.27. The highest BCUT2D eigenvalue weighted by molar-refractivity contribution is 5.84. The summed E-state index contributed by atoms with van der Waals surface area (Å²) in [5, 5.41) is 30.6. The first kappa shape index (κ1) is 18.1. The summed E-state index contributed by atoms with van der Waals surface area (Å²) >= 11 is 0. The number of phenols is 2. The molecule has 0 aliphatic heterocycles. The average molecular weight is 345 g/mol. The van der Waals surface area contributed by atoms with Crippen LogP contribution in [0.15, 0.2) is 48.5 Å². The SMILES string of the molecule is CC(Cc1ccc(O)c(O)c1)(NC(=O)OCc1ccccc1)C(=O)O. The number of carboxylic acid groups (broad SMARTS) is 1. The molecule has 0 radical (unpaired) electrons. The van der Waals surface area contributed by atoms with E-state index in [0.29, 0.717) is 5.56 Å². The number of phenolic OH excluding ortho intramolecular Hbond substituents is 2. The molecule has 7 nitrogen and oxygen atoms in total. The van der Waals surface area contributed by atoms with Crippen LogP contribution in [0.5, 0.6) is 11.5 Å². The Morgan fingerprint density at radius 2 is 1.72 bits per heavy atom. The summed E-state index contributed by atoms with van der Waals surface area (Å²) in [7, 11) is 0. The maximum Gasteiger partial charge on any atom is 0.408 e. The van der Waals surface area contributed by atoms with Crippen LogP contribution < -0.4 is 5.32 Å². The first-order valence-corrected chi connectivity index (χ1v) is 7.53. The summed E-state index contributed by atoms with van der Waals surface area (Å²) in [5.41, 5.74) is -0.432. The molecule has 25 heavy (non-hydrogen) atoms. The highest BCUT2D eigenvalue weighted by atomic mass is 16.5. The molecule has 4 N–H and O–H groups in total. The van der Waals surface area contributed by atoms with Crippen molar-refractivity contribution in [1.29, 1.82) is 0 Å². The van der Waals surface area contributed by atoms with Crippen molar-refractivity contribution in [2.75, 3.05) is 0 Å². The molecule has 0 spiro atoms. The molecule has 2 rings (SSSR count). The lowest BCUT2D eigenvalue weighted by molar-refractivity contribution is -0.143. The van der Waals surface area contributed by atoms with E-state index in [0.717, 1.165) is 5.56 Å². The first-order valence-electron chi connectivity index (χ1n) is 7.53. The number of alkyl carbamates (subject to hydrolysis) is 1. The van der Waals surface area contributed by atoms with Gasteiger partial charge in [-0.1, -0.05) is 36.4 Å². The van der Waals surface area contributed by atoms with Gasteiger partial charge in [0.05, 0.1) is 0 Å². The van der Waals surface area contributed by atoms with Gasteiger partial charge in [-0.2, -0.15) is 0 Å². The van der Waals surface area contributed by atoms with Crippen molar-refractivity contribution in [3.8, 4) is 11.5 Å². The number of rotatable bonds is 6. The third-order valence-corrected chi connectivity index (χ3v) is 3.66. The maximum absolute atomic E-state index is 12.0. The number of hydrogen-bond acceptors (Lipinski definition) is 5. The van der Waals surface area contributed by atoms with Gasteiger partial charge in [-0.15, -0.1) is 0 Å². The number of aliphatic carboxylic acids is 1. The van der Waals surface area contributed by atoms with Crippen molar-refractivity contribution < 1.29 is 29.6 Å². The van der Waals surface area contributed by atoms with E-state index in [4.69, 9.17) is 4.74 Å². The van der Waals surface area contributed by atoms with Crippen LogP contribution in [-0.4, -0.2) is 32.9 Å². The number of carboxylic acids is 1. The van der Waals surface area contributed by atoms with Crippen LogP contribution in [0, 0.1) is 0 Å². The lowest BCUT2D eigenvalue weighted by Gasteiger charge is -2.26. The summed E-state index contributed by atoms with van der Waals surface area (Å²) in [5.74, 6) is -1.93. The Bertz CT molecular complexity index is 761. The minimum Gasteiger partial charge on any atom is -0.504 e. The fraction of sp³-hybridized carbons (Fsp3) is 0.222. The molecule has 1 atom stereocenters. The van der Waals surface area contributed by atoms with Crippen molar-refractivity contribution in [1.82, 2.24) is 5.32 Å². The molecule has 0 aromatic heterocycles. The zero-order valence-corrected chi connectivity index (χ0v) is 13.6. The van der Waals surface area contributed by atoms with Gasteiger partial charge in [0.2, 0.25) is 0 Å². The summed E-state index contributed by atoms with van der Waals surface area (Å²) in [6.07, 6.45) is -0.965. The Labute approximate surface area is 144 Å². The van der Waals surface area contributed by atoms with Gasteiger partial charge in [0, 0.05) is 6.42 Å². The van der Waals surface area contributed by atoms with Crippen molar-refractivity contribution in [3.05, 3.63) is 59.7 Å². The molecule has 0 bridgehead atoms. The van der Waals surface area contributed by atoms with Gasteiger partial charge in [-0.05, 0) is 30.2 Å². The molecule has 132 valence electrons. The quantitative estimate of drug-likeness (QED) is 0.598. The minimum atomic E-state index is -1.64. The second-order valence-electron chi connectivity index (χ2n) is 5.82. The average Bonchev–Trinajstić information content (AvgIpc) is 2.57. The van der Waals surface area contributed by atoms with Crippen LogP contribution in [-0.2, 0) is 22.6 Å². The maximum atomic E-state index is 12.0. The smallest absolute Gasteiger partial charge is 0.408 e. The number of carbonyl (C=O) groups excluding carboxylic acids is 1. The number of nitrogens with one attached hydrogen (secondary N) is 1. The van der Waals surface area contributed by atoms with E-state index in [-0.39, 0.29) is 24.5 Å². The molecule has 0 aliphatic carbocycles. The number of amides is 1. The molecule has 1 amide bonds. The van der Waals surface area contributed by atoms with Gasteiger partial charge in [0.25, 0.3) is 0 Å². The second-order valence-corrected chi connectivity index (χ2v) is 5.82. The second kappa shape index (κ2) is 7.57.